The molecule has 4 nitrogen and oxygen atoms in total. The van der Waals surface area contributed by atoms with Gasteiger partial charge in [0.15, 0.2) is 0 Å². The largest absolute Gasteiger partial charge is 0.455 e. The Morgan fingerprint density at radius 3 is 2.22 bits per heavy atom. The topological polar surface area (TPSA) is 43.9 Å². The highest BCUT2D eigenvalue weighted by Gasteiger charge is 2.22. The maximum atomic E-state index is 6.69. The number of benzene rings is 5. The number of fused-ring (bicyclic) bond motifs is 8. The van der Waals surface area contributed by atoms with Crippen LogP contribution in [0.4, 0.5) is 0 Å². The molecule has 174 valence electrons. The molecular weight excluding hydrogens is 454 g/mol. The fourth-order valence-corrected chi connectivity index (χ4v) is 5.66. The van der Waals surface area contributed by atoms with Crippen LogP contribution in [0.5, 0.6) is 0 Å². The highest BCUT2D eigenvalue weighted by atomic mass is 16.3. The second-order valence-corrected chi connectivity index (χ2v) is 9.47. The zero-order valence-corrected chi connectivity index (χ0v) is 20.1. The second kappa shape index (κ2) is 7.52. The van der Waals surface area contributed by atoms with Crippen LogP contribution in [0.2, 0.25) is 0 Å². The Morgan fingerprint density at radius 2 is 1.32 bits per heavy atom. The molecule has 37 heavy (non-hydrogen) atoms. The number of para-hydroxylation sites is 3. The van der Waals surface area contributed by atoms with Gasteiger partial charge in [-0.1, -0.05) is 78.9 Å². The minimum absolute atomic E-state index is 0.844. The van der Waals surface area contributed by atoms with Crippen molar-refractivity contribution >= 4 is 54.6 Å². The zero-order valence-electron chi connectivity index (χ0n) is 20.1. The predicted octanol–water partition coefficient (Wildman–Crippen LogP) is 8.60. The van der Waals surface area contributed by atoms with Gasteiger partial charge in [0.1, 0.15) is 22.5 Å². The number of aryl methyl sites for hydroxylation is 1. The van der Waals surface area contributed by atoms with E-state index in [0.29, 0.717) is 0 Å². The molecule has 0 saturated heterocycles. The van der Waals surface area contributed by atoms with Gasteiger partial charge in [0, 0.05) is 27.2 Å². The van der Waals surface area contributed by atoms with Crippen molar-refractivity contribution in [2.75, 3.05) is 0 Å². The Bertz CT molecular complexity index is 2150. The molecule has 4 heteroatoms. The lowest BCUT2D eigenvalue weighted by Gasteiger charge is -2.11. The van der Waals surface area contributed by atoms with Crippen LogP contribution in [0.3, 0.4) is 0 Å². The predicted molar refractivity (Wildman–Crippen MR) is 151 cm³/mol. The zero-order chi connectivity index (χ0) is 24.5. The van der Waals surface area contributed by atoms with Gasteiger partial charge in [0.25, 0.3) is 0 Å². The number of nitrogens with zero attached hydrogens (tertiary/aromatic N) is 3. The van der Waals surface area contributed by atoms with Crippen molar-refractivity contribution < 1.29 is 4.42 Å². The molecule has 0 aliphatic rings. The third-order valence-electron chi connectivity index (χ3n) is 7.31. The molecule has 0 spiro atoms. The number of aromatic nitrogens is 3. The molecule has 0 unspecified atom stereocenters. The first-order chi connectivity index (χ1) is 18.3. The molecule has 0 bridgehead atoms. The Labute approximate surface area is 212 Å². The minimum Gasteiger partial charge on any atom is -0.455 e. The molecule has 0 aliphatic carbocycles. The first-order valence-electron chi connectivity index (χ1n) is 12.4. The summed E-state index contributed by atoms with van der Waals surface area (Å²) >= 11 is 0. The summed E-state index contributed by atoms with van der Waals surface area (Å²) in [6.45, 7) is 2.06. The average molecular weight is 476 g/mol. The van der Waals surface area contributed by atoms with Gasteiger partial charge in [0.05, 0.1) is 22.3 Å². The highest BCUT2D eigenvalue weighted by molar-refractivity contribution is 6.17. The first kappa shape index (κ1) is 20.3. The molecule has 3 aromatic heterocycles. The van der Waals surface area contributed by atoms with Crippen LogP contribution in [0.15, 0.2) is 114 Å². The van der Waals surface area contributed by atoms with Crippen LogP contribution in [-0.4, -0.2) is 14.5 Å². The fourth-order valence-electron chi connectivity index (χ4n) is 5.66. The number of hydrogen-bond donors (Lipinski definition) is 0. The average Bonchev–Trinajstić information content (AvgIpc) is 3.54. The molecule has 0 fully saturated rings. The summed E-state index contributed by atoms with van der Waals surface area (Å²) in [6, 6.07) is 37.6. The summed E-state index contributed by atoms with van der Waals surface area (Å²) in [4.78, 5) is 10.2. The van der Waals surface area contributed by atoms with Crippen molar-refractivity contribution in [3.05, 3.63) is 115 Å². The molecule has 5 aromatic carbocycles. The standard InChI is InChI=1S/C33H21N3O/c1-20-30-29(26-14-7-8-17-28(26)34-20)35-33(36(30)22-11-3-2-4-12-22)27-16-9-15-24-25-19-18-21-10-5-6-13-23(21)31(25)37-32(24)27/h2-19H,1H3. The number of imidazole rings is 1. The summed E-state index contributed by atoms with van der Waals surface area (Å²) < 4.78 is 8.91. The summed E-state index contributed by atoms with van der Waals surface area (Å²) in [6.07, 6.45) is 0. The van der Waals surface area contributed by atoms with Crippen LogP contribution in [0, 0.1) is 6.92 Å². The van der Waals surface area contributed by atoms with E-state index < -0.39 is 0 Å². The molecule has 0 aliphatic heterocycles. The lowest BCUT2D eigenvalue weighted by atomic mass is 10.0. The monoisotopic (exact) mass is 475 g/mol. The molecule has 0 saturated carbocycles. The van der Waals surface area contributed by atoms with Crippen molar-refractivity contribution in [1.29, 1.82) is 0 Å². The molecule has 8 aromatic rings. The number of rotatable bonds is 2. The molecule has 3 heterocycles. The quantitative estimate of drug-likeness (QED) is 0.251. The third-order valence-corrected chi connectivity index (χ3v) is 7.31. The van der Waals surface area contributed by atoms with E-state index in [1.807, 2.05) is 24.3 Å². The highest BCUT2D eigenvalue weighted by Crippen LogP contribution is 2.41. The molecule has 0 radical (unpaired) electrons. The van der Waals surface area contributed by atoms with E-state index in [0.717, 1.165) is 72.0 Å². The number of hydrogen-bond acceptors (Lipinski definition) is 3. The van der Waals surface area contributed by atoms with Crippen molar-refractivity contribution in [1.82, 2.24) is 14.5 Å². The van der Waals surface area contributed by atoms with Gasteiger partial charge < -0.3 is 4.42 Å². The van der Waals surface area contributed by atoms with Crippen molar-refractivity contribution in [3.8, 4) is 17.1 Å². The van der Waals surface area contributed by atoms with Crippen molar-refractivity contribution in [2.24, 2.45) is 0 Å². The van der Waals surface area contributed by atoms with Crippen LogP contribution >= 0.6 is 0 Å². The molecule has 0 atom stereocenters. The summed E-state index contributed by atoms with van der Waals surface area (Å²) in [5.41, 5.74) is 7.60. The van der Waals surface area contributed by atoms with Gasteiger partial charge in [-0.25, -0.2) is 4.98 Å². The van der Waals surface area contributed by atoms with E-state index in [1.165, 1.54) is 5.39 Å². The lowest BCUT2D eigenvalue weighted by Crippen LogP contribution is -1.99. The van der Waals surface area contributed by atoms with Gasteiger partial charge in [-0.05, 0) is 42.6 Å². The smallest absolute Gasteiger partial charge is 0.149 e. The molecule has 0 amide bonds. The Morgan fingerprint density at radius 1 is 0.595 bits per heavy atom. The fraction of sp³-hybridized carbons (Fsp3) is 0.0303. The maximum Gasteiger partial charge on any atom is 0.149 e. The van der Waals surface area contributed by atoms with Gasteiger partial charge in [-0.15, -0.1) is 0 Å². The van der Waals surface area contributed by atoms with E-state index in [2.05, 4.69) is 96.4 Å². The Hall–Kier alpha value is -4.96. The van der Waals surface area contributed by atoms with E-state index in [1.54, 1.807) is 0 Å². The van der Waals surface area contributed by atoms with Crippen molar-refractivity contribution in [3.63, 3.8) is 0 Å². The van der Waals surface area contributed by atoms with E-state index >= 15 is 0 Å². The Kier molecular flexibility index (Phi) is 4.12. The first-order valence-corrected chi connectivity index (χ1v) is 12.4. The summed E-state index contributed by atoms with van der Waals surface area (Å²) in [7, 11) is 0. The van der Waals surface area contributed by atoms with Crippen LogP contribution in [0.25, 0.3) is 71.7 Å². The Balaban J connectivity index is 1.54. The van der Waals surface area contributed by atoms with Gasteiger partial charge in [0.2, 0.25) is 0 Å². The van der Waals surface area contributed by atoms with Crippen LogP contribution < -0.4 is 0 Å². The van der Waals surface area contributed by atoms with Gasteiger partial charge in [-0.2, -0.15) is 0 Å². The second-order valence-electron chi connectivity index (χ2n) is 9.47. The summed E-state index contributed by atoms with van der Waals surface area (Å²) in [5.74, 6) is 0.844. The summed E-state index contributed by atoms with van der Waals surface area (Å²) in [5, 5.41) is 5.53. The van der Waals surface area contributed by atoms with E-state index in [-0.39, 0.29) is 0 Å². The SMILES string of the molecule is Cc1nc2ccccc2c2nc(-c3cccc4c3oc3c5ccccc5ccc43)n(-c3ccccc3)c12. The lowest BCUT2D eigenvalue weighted by molar-refractivity contribution is 0.673. The molecule has 8 rings (SSSR count). The minimum atomic E-state index is 0.844. The maximum absolute atomic E-state index is 6.69. The van der Waals surface area contributed by atoms with Gasteiger partial charge in [-0.3, -0.25) is 9.55 Å². The third kappa shape index (κ3) is 2.84. The molecule has 0 N–H and O–H groups in total. The number of pyridine rings is 1. The van der Waals surface area contributed by atoms with Crippen molar-refractivity contribution in [2.45, 2.75) is 6.92 Å². The number of furan rings is 1. The van der Waals surface area contributed by atoms with E-state index in [9.17, 15) is 0 Å². The van der Waals surface area contributed by atoms with Gasteiger partial charge >= 0.3 is 0 Å². The molecular formula is C33H21N3O. The van der Waals surface area contributed by atoms with Crippen LogP contribution in [0.1, 0.15) is 5.69 Å². The van der Waals surface area contributed by atoms with E-state index in [4.69, 9.17) is 14.4 Å². The van der Waals surface area contributed by atoms with Crippen LogP contribution in [-0.2, 0) is 0 Å². The normalized spacial score (nSPS) is 11.9.